The lowest BCUT2D eigenvalue weighted by Gasteiger charge is -2.09. The van der Waals surface area contributed by atoms with Crippen molar-refractivity contribution < 1.29 is 17.9 Å². The molecule has 0 aliphatic rings. The highest BCUT2D eigenvalue weighted by Gasteiger charge is 2.06. The maximum atomic E-state index is 11.4. The molecule has 3 rings (SSSR count). The predicted molar refractivity (Wildman–Crippen MR) is 96.9 cm³/mol. The average molecular weight is 357 g/mol. The number of hydrogen-bond donors (Lipinski definition) is 0. The minimum atomic E-state index is -3.18. The maximum Gasteiger partial charge on any atom is 0.175 e. The highest BCUT2D eigenvalue weighted by molar-refractivity contribution is 7.90. The van der Waals surface area contributed by atoms with Crippen LogP contribution in [-0.4, -0.2) is 32.9 Å². The fraction of sp³-hybridized carbons (Fsp3) is 0.211. The molecule has 0 atom stereocenters. The van der Waals surface area contributed by atoms with Gasteiger partial charge in [-0.3, -0.25) is 4.98 Å². The Morgan fingerprint density at radius 2 is 1.60 bits per heavy atom. The fourth-order valence-corrected chi connectivity index (χ4v) is 3.00. The number of sulfone groups is 1. The number of aromatic nitrogens is 1. The zero-order valence-corrected chi connectivity index (χ0v) is 14.7. The van der Waals surface area contributed by atoms with Crippen molar-refractivity contribution in [3.63, 3.8) is 0 Å². The van der Waals surface area contributed by atoms with E-state index in [0.717, 1.165) is 23.1 Å². The third kappa shape index (κ3) is 4.70. The number of hydrogen-bond acceptors (Lipinski definition) is 5. The van der Waals surface area contributed by atoms with Crippen molar-refractivity contribution >= 4 is 20.7 Å². The zero-order valence-electron chi connectivity index (χ0n) is 13.9. The van der Waals surface area contributed by atoms with Gasteiger partial charge in [0.2, 0.25) is 0 Å². The van der Waals surface area contributed by atoms with Gasteiger partial charge in [-0.2, -0.15) is 0 Å². The first kappa shape index (κ1) is 17.2. The van der Waals surface area contributed by atoms with Crippen molar-refractivity contribution in [3.8, 4) is 11.5 Å². The zero-order chi connectivity index (χ0) is 17.7. The summed E-state index contributed by atoms with van der Waals surface area (Å²) in [5, 5.41) is 1.04. The summed E-state index contributed by atoms with van der Waals surface area (Å²) in [7, 11) is -3.18. The van der Waals surface area contributed by atoms with Crippen LogP contribution in [0.2, 0.25) is 0 Å². The summed E-state index contributed by atoms with van der Waals surface area (Å²) in [4.78, 5) is 4.56. The molecule has 25 heavy (non-hydrogen) atoms. The predicted octanol–water partition coefficient (Wildman–Crippen LogP) is 3.49. The standard InChI is InChI=1S/C19H19NO4S/c1-25(21,22)18-8-5-16(6-9-18)23-12-3-13-24-17-7-10-19-15(14-17)4-2-11-20-19/h2,4-11,14H,3,12-13H2,1H3. The molecule has 0 saturated heterocycles. The van der Waals surface area contributed by atoms with Gasteiger partial charge in [0.15, 0.2) is 9.84 Å². The first-order valence-corrected chi connectivity index (χ1v) is 9.82. The quantitative estimate of drug-likeness (QED) is 0.606. The Bertz CT molecular complexity index is 953. The van der Waals surface area contributed by atoms with Crippen molar-refractivity contribution in [1.82, 2.24) is 4.98 Å². The first-order chi connectivity index (χ1) is 12.0. The Labute approximate surface area is 147 Å². The van der Waals surface area contributed by atoms with Crippen molar-refractivity contribution in [2.45, 2.75) is 11.3 Å². The Kier molecular flexibility index (Phi) is 5.19. The van der Waals surface area contributed by atoms with Crippen LogP contribution < -0.4 is 9.47 Å². The fourth-order valence-electron chi connectivity index (χ4n) is 2.37. The second-order valence-corrected chi connectivity index (χ2v) is 7.67. The Morgan fingerprint density at radius 3 is 2.32 bits per heavy atom. The maximum absolute atomic E-state index is 11.4. The third-order valence-corrected chi connectivity index (χ3v) is 4.78. The normalized spacial score (nSPS) is 11.4. The number of benzene rings is 2. The SMILES string of the molecule is CS(=O)(=O)c1ccc(OCCCOc2ccc3ncccc3c2)cc1. The first-order valence-electron chi connectivity index (χ1n) is 7.93. The van der Waals surface area contributed by atoms with Gasteiger partial charge in [0, 0.05) is 24.3 Å². The van der Waals surface area contributed by atoms with Gasteiger partial charge in [-0.05, 0) is 48.5 Å². The number of nitrogens with zero attached hydrogens (tertiary/aromatic N) is 1. The second kappa shape index (κ2) is 7.53. The van der Waals surface area contributed by atoms with Crippen molar-refractivity contribution in [1.29, 1.82) is 0 Å². The van der Waals surface area contributed by atoms with Gasteiger partial charge in [-0.15, -0.1) is 0 Å². The van der Waals surface area contributed by atoms with Crippen LogP contribution in [0.3, 0.4) is 0 Å². The van der Waals surface area contributed by atoms with Crippen molar-refractivity contribution in [3.05, 3.63) is 60.8 Å². The monoisotopic (exact) mass is 357 g/mol. The number of fused-ring (bicyclic) bond motifs is 1. The van der Waals surface area contributed by atoms with E-state index >= 15 is 0 Å². The van der Waals surface area contributed by atoms with Crippen LogP contribution in [-0.2, 0) is 9.84 Å². The summed E-state index contributed by atoms with van der Waals surface area (Å²) < 4.78 is 34.1. The van der Waals surface area contributed by atoms with Gasteiger partial charge in [-0.1, -0.05) is 6.07 Å². The topological polar surface area (TPSA) is 65.5 Å². The molecule has 1 aromatic heterocycles. The molecule has 5 nitrogen and oxygen atoms in total. The Morgan fingerprint density at radius 1 is 0.920 bits per heavy atom. The molecule has 0 saturated carbocycles. The summed E-state index contributed by atoms with van der Waals surface area (Å²) >= 11 is 0. The minimum absolute atomic E-state index is 0.286. The molecule has 2 aromatic carbocycles. The Balaban J connectivity index is 1.45. The van der Waals surface area contributed by atoms with Crippen LogP contribution in [0.4, 0.5) is 0 Å². The lowest BCUT2D eigenvalue weighted by Crippen LogP contribution is -2.05. The van der Waals surface area contributed by atoms with Gasteiger partial charge in [-0.25, -0.2) is 8.42 Å². The minimum Gasteiger partial charge on any atom is -0.493 e. The second-order valence-electron chi connectivity index (χ2n) is 5.65. The molecule has 0 fully saturated rings. The number of pyridine rings is 1. The van der Waals surface area contributed by atoms with Crippen LogP contribution in [0.25, 0.3) is 10.9 Å². The molecule has 130 valence electrons. The molecular formula is C19H19NO4S. The lowest BCUT2D eigenvalue weighted by molar-refractivity contribution is 0.247. The van der Waals surface area contributed by atoms with E-state index in [1.807, 2.05) is 30.3 Å². The molecule has 0 N–H and O–H groups in total. The van der Waals surface area contributed by atoms with Crippen LogP contribution in [0.5, 0.6) is 11.5 Å². The van der Waals surface area contributed by atoms with Gasteiger partial charge in [0.1, 0.15) is 11.5 Å². The lowest BCUT2D eigenvalue weighted by atomic mass is 10.2. The summed E-state index contributed by atoms with van der Waals surface area (Å²) in [6.45, 7) is 1.03. The molecule has 1 heterocycles. The molecule has 0 spiro atoms. The highest BCUT2D eigenvalue weighted by Crippen LogP contribution is 2.19. The van der Waals surface area contributed by atoms with Crippen molar-refractivity contribution in [2.75, 3.05) is 19.5 Å². The molecule has 0 unspecified atom stereocenters. The molecular weight excluding hydrogens is 338 g/mol. The van der Waals surface area contributed by atoms with Gasteiger partial charge in [0.25, 0.3) is 0 Å². The van der Waals surface area contributed by atoms with Crippen molar-refractivity contribution in [2.24, 2.45) is 0 Å². The summed E-state index contributed by atoms with van der Waals surface area (Å²) in [6.07, 6.45) is 3.67. The van der Waals surface area contributed by atoms with E-state index in [-0.39, 0.29) is 4.90 Å². The highest BCUT2D eigenvalue weighted by atomic mass is 32.2. The van der Waals surface area contributed by atoms with E-state index in [4.69, 9.17) is 9.47 Å². The van der Waals surface area contributed by atoms with E-state index in [2.05, 4.69) is 4.98 Å². The van der Waals surface area contributed by atoms with Crippen LogP contribution in [0, 0.1) is 0 Å². The van der Waals surface area contributed by atoms with Crippen LogP contribution >= 0.6 is 0 Å². The average Bonchev–Trinajstić information content (AvgIpc) is 2.61. The Hall–Kier alpha value is -2.60. The molecule has 3 aromatic rings. The molecule has 0 aliphatic heterocycles. The number of ether oxygens (including phenoxy) is 2. The smallest absolute Gasteiger partial charge is 0.175 e. The molecule has 6 heteroatoms. The molecule has 0 bridgehead atoms. The molecule has 0 radical (unpaired) electrons. The third-order valence-electron chi connectivity index (χ3n) is 3.65. The number of rotatable bonds is 7. The van der Waals surface area contributed by atoms with Gasteiger partial charge >= 0.3 is 0 Å². The van der Waals surface area contributed by atoms with Gasteiger partial charge in [0.05, 0.1) is 23.6 Å². The van der Waals surface area contributed by atoms with E-state index < -0.39 is 9.84 Å². The summed E-state index contributed by atoms with van der Waals surface area (Å²) in [6, 6.07) is 16.1. The summed E-state index contributed by atoms with van der Waals surface area (Å²) in [5.41, 5.74) is 0.940. The van der Waals surface area contributed by atoms with E-state index in [9.17, 15) is 8.42 Å². The molecule has 0 amide bonds. The van der Waals surface area contributed by atoms with Gasteiger partial charge < -0.3 is 9.47 Å². The molecule has 0 aliphatic carbocycles. The summed E-state index contributed by atoms with van der Waals surface area (Å²) in [5.74, 6) is 1.45. The van der Waals surface area contributed by atoms with E-state index in [0.29, 0.717) is 19.0 Å². The van der Waals surface area contributed by atoms with Crippen LogP contribution in [0.1, 0.15) is 6.42 Å². The van der Waals surface area contributed by atoms with E-state index in [1.54, 1.807) is 30.5 Å². The van der Waals surface area contributed by atoms with Crippen LogP contribution in [0.15, 0.2) is 65.7 Å². The van der Waals surface area contributed by atoms with E-state index in [1.165, 1.54) is 6.26 Å². The largest absolute Gasteiger partial charge is 0.493 e.